The van der Waals surface area contributed by atoms with Gasteiger partial charge in [-0.05, 0) is 69.0 Å². The molecule has 2 aromatic rings. The average molecular weight is 408 g/mol. The van der Waals surface area contributed by atoms with Gasteiger partial charge in [0.2, 0.25) is 11.8 Å². The molecule has 2 fully saturated rings. The van der Waals surface area contributed by atoms with E-state index in [1.807, 2.05) is 62.1 Å². The minimum absolute atomic E-state index is 0.000295. The Labute approximate surface area is 175 Å². The SMILES string of the molecule is Cc1ccc(NC(=O)C[C@H]2SC(=Nc3cc(C)cc(C)c3)N(C3CC3)C2=O)cc1. The molecule has 150 valence electrons. The Morgan fingerprint density at radius 2 is 1.72 bits per heavy atom. The Hall–Kier alpha value is -2.60. The number of carbonyl (C=O) groups excluding carboxylic acids is 2. The van der Waals surface area contributed by atoms with Crippen LogP contribution in [0.15, 0.2) is 47.5 Å². The van der Waals surface area contributed by atoms with Gasteiger partial charge in [-0.3, -0.25) is 14.5 Å². The molecule has 0 radical (unpaired) electrons. The smallest absolute Gasteiger partial charge is 0.242 e. The summed E-state index contributed by atoms with van der Waals surface area (Å²) in [5.41, 5.74) is 5.03. The first-order valence-corrected chi connectivity index (χ1v) is 10.8. The molecule has 0 unspecified atom stereocenters. The van der Waals surface area contributed by atoms with E-state index in [1.54, 1.807) is 0 Å². The number of nitrogens with zero attached hydrogens (tertiary/aromatic N) is 2. The van der Waals surface area contributed by atoms with Gasteiger partial charge in [0, 0.05) is 18.2 Å². The Kier molecular flexibility index (Phi) is 5.46. The van der Waals surface area contributed by atoms with E-state index >= 15 is 0 Å². The van der Waals surface area contributed by atoms with E-state index in [0.29, 0.717) is 0 Å². The van der Waals surface area contributed by atoms with E-state index in [9.17, 15) is 9.59 Å². The summed E-state index contributed by atoms with van der Waals surface area (Å²) in [6.45, 7) is 6.09. The first-order chi connectivity index (χ1) is 13.9. The maximum atomic E-state index is 13.0. The summed E-state index contributed by atoms with van der Waals surface area (Å²) in [7, 11) is 0. The standard InChI is InChI=1S/C23H25N3O2S/c1-14-4-6-17(7-5-14)24-21(27)13-20-22(28)26(19-8-9-19)23(29-20)25-18-11-15(2)10-16(3)12-18/h4-7,10-12,19-20H,8-9,13H2,1-3H3,(H,24,27)/t20-/m1/s1. The van der Waals surface area contributed by atoms with E-state index in [1.165, 1.54) is 11.8 Å². The normalized spacial score (nSPS) is 20.4. The summed E-state index contributed by atoms with van der Waals surface area (Å²) in [5, 5.41) is 3.19. The van der Waals surface area contributed by atoms with Crippen molar-refractivity contribution in [2.24, 2.45) is 4.99 Å². The maximum absolute atomic E-state index is 13.0. The lowest BCUT2D eigenvalue weighted by molar-refractivity contribution is -0.128. The molecule has 6 heteroatoms. The van der Waals surface area contributed by atoms with Gasteiger partial charge >= 0.3 is 0 Å². The highest BCUT2D eigenvalue weighted by Gasteiger charge is 2.46. The first kappa shape index (κ1) is 19.7. The van der Waals surface area contributed by atoms with Gasteiger partial charge in [-0.25, -0.2) is 4.99 Å². The summed E-state index contributed by atoms with van der Waals surface area (Å²) in [4.78, 5) is 32.1. The summed E-state index contributed by atoms with van der Waals surface area (Å²) in [6, 6.07) is 14.0. The molecule has 1 aliphatic carbocycles. The quantitative estimate of drug-likeness (QED) is 0.779. The van der Waals surface area contributed by atoms with E-state index in [0.717, 1.165) is 46.1 Å². The predicted octanol–water partition coefficient (Wildman–Crippen LogP) is 4.73. The molecule has 0 bridgehead atoms. The third kappa shape index (κ3) is 4.70. The molecule has 1 saturated carbocycles. The van der Waals surface area contributed by atoms with E-state index < -0.39 is 5.25 Å². The van der Waals surface area contributed by atoms with Crippen LogP contribution in [0.3, 0.4) is 0 Å². The van der Waals surface area contributed by atoms with Crippen molar-refractivity contribution in [3.05, 3.63) is 59.2 Å². The first-order valence-electron chi connectivity index (χ1n) is 9.92. The fraction of sp³-hybridized carbons (Fsp3) is 0.348. The molecule has 1 aliphatic heterocycles. The molecular formula is C23H25N3O2S. The summed E-state index contributed by atoms with van der Waals surface area (Å²) in [6.07, 6.45) is 2.15. The fourth-order valence-corrected chi connectivity index (χ4v) is 4.72. The van der Waals surface area contributed by atoms with Crippen LogP contribution in [-0.2, 0) is 9.59 Å². The average Bonchev–Trinajstić information content (AvgIpc) is 3.42. The zero-order chi connectivity index (χ0) is 20.5. The van der Waals surface area contributed by atoms with E-state index in [2.05, 4.69) is 11.4 Å². The number of amides is 2. The second kappa shape index (κ2) is 8.03. The van der Waals surface area contributed by atoms with Crippen LogP contribution < -0.4 is 5.32 Å². The van der Waals surface area contributed by atoms with Crippen molar-refractivity contribution in [2.45, 2.75) is 51.3 Å². The largest absolute Gasteiger partial charge is 0.326 e. The number of aliphatic imine (C=N–C) groups is 1. The molecule has 29 heavy (non-hydrogen) atoms. The highest BCUT2D eigenvalue weighted by molar-refractivity contribution is 8.15. The van der Waals surface area contributed by atoms with Gasteiger partial charge in [0.1, 0.15) is 5.25 Å². The molecule has 1 saturated heterocycles. The molecule has 1 atom stereocenters. The van der Waals surface area contributed by atoms with Crippen LogP contribution in [0.25, 0.3) is 0 Å². The summed E-state index contributed by atoms with van der Waals surface area (Å²) >= 11 is 1.41. The van der Waals surface area contributed by atoms with Gasteiger partial charge in [-0.1, -0.05) is 35.5 Å². The Morgan fingerprint density at radius 3 is 2.34 bits per heavy atom. The number of thioether (sulfide) groups is 1. The molecule has 2 amide bonds. The summed E-state index contributed by atoms with van der Waals surface area (Å²) in [5.74, 6) is -0.150. The number of aryl methyl sites for hydroxylation is 3. The van der Waals surface area contributed by atoms with E-state index in [-0.39, 0.29) is 24.3 Å². The van der Waals surface area contributed by atoms with Crippen molar-refractivity contribution in [1.29, 1.82) is 0 Å². The zero-order valence-corrected chi connectivity index (χ0v) is 17.8. The lowest BCUT2D eigenvalue weighted by atomic mass is 10.1. The van der Waals surface area contributed by atoms with Crippen LogP contribution in [0.4, 0.5) is 11.4 Å². The van der Waals surface area contributed by atoms with Crippen molar-refractivity contribution in [1.82, 2.24) is 4.90 Å². The van der Waals surface area contributed by atoms with Crippen LogP contribution in [0.2, 0.25) is 0 Å². The second-order valence-electron chi connectivity index (χ2n) is 7.90. The third-order valence-electron chi connectivity index (χ3n) is 5.02. The van der Waals surface area contributed by atoms with Crippen molar-refractivity contribution in [3.8, 4) is 0 Å². The number of nitrogens with one attached hydrogen (secondary N) is 1. The van der Waals surface area contributed by atoms with Crippen LogP contribution >= 0.6 is 11.8 Å². The van der Waals surface area contributed by atoms with Gasteiger partial charge in [-0.2, -0.15) is 0 Å². The minimum Gasteiger partial charge on any atom is -0.326 e. The van der Waals surface area contributed by atoms with Crippen LogP contribution in [0.1, 0.15) is 36.0 Å². The van der Waals surface area contributed by atoms with Crippen LogP contribution in [-0.4, -0.2) is 33.2 Å². The minimum atomic E-state index is -0.425. The number of anilines is 1. The van der Waals surface area contributed by atoms with Crippen molar-refractivity contribution in [3.63, 3.8) is 0 Å². The molecular weight excluding hydrogens is 382 g/mol. The highest BCUT2D eigenvalue weighted by Crippen LogP contribution is 2.39. The highest BCUT2D eigenvalue weighted by atomic mass is 32.2. The fourth-order valence-electron chi connectivity index (χ4n) is 3.50. The summed E-state index contributed by atoms with van der Waals surface area (Å²) < 4.78 is 0. The predicted molar refractivity (Wildman–Crippen MR) is 119 cm³/mol. The van der Waals surface area contributed by atoms with Gasteiger partial charge < -0.3 is 5.32 Å². The van der Waals surface area contributed by atoms with Crippen molar-refractivity contribution in [2.75, 3.05) is 5.32 Å². The second-order valence-corrected chi connectivity index (χ2v) is 9.07. The number of hydrogen-bond acceptors (Lipinski definition) is 4. The topological polar surface area (TPSA) is 61.8 Å². The number of rotatable bonds is 5. The monoisotopic (exact) mass is 407 g/mol. The van der Waals surface area contributed by atoms with Crippen LogP contribution in [0, 0.1) is 20.8 Å². The molecule has 4 rings (SSSR count). The molecule has 2 aromatic carbocycles. The number of hydrogen-bond donors (Lipinski definition) is 1. The molecule has 1 heterocycles. The Bertz CT molecular complexity index is 960. The zero-order valence-electron chi connectivity index (χ0n) is 16.9. The van der Waals surface area contributed by atoms with Crippen molar-refractivity contribution >= 4 is 40.1 Å². The van der Waals surface area contributed by atoms with Crippen molar-refractivity contribution < 1.29 is 9.59 Å². The third-order valence-corrected chi connectivity index (χ3v) is 6.17. The molecule has 1 N–H and O–H groups in total. The lowest BCUT2D eigenvalue weighted by Crippen LogP contribution is -2.35. The van der Waals surface area contributed by atoms with E-state index in [4.69, 9.17) is 4.99 Å². The van der Waals surface area contributed by atoms with Gasteiger partial charge in [0.05, 0.1) is 5.69 Å². The maximum Gasteiger partial charge on any atom is 0.242 e. The number of amidine groups is 1. The van der Waals surface area contributed by atoms with Crippen LogP contribution in [0.5, 0.6) is 0 Å². The Morgan fingerprint density at radius 1 is 1.07 bits per heavy atom. The van der Waals surface area contributed by atoms with Gasteiger partial charge in [-0.15, -0.1) is 0 Å². The van der Waals surface area contributed by atoms with Gasteiger partial charge in [0.25, 0.3) is 0 Å². The molecule has 2 aliphatic rings. The molecule has 5 nitrogen and oxygen atoms in total. The lowest BCUT2D eigenvalue weighted by Gasteiger charge is -2.15. The Balaban J connectivity index is 1.50. The van der Waals surface area contributed by atoms with Gasteiger partial charge in [0.15, 0.2) is 5.17 Å². The molecule has 0 spiro atoms. The number of carbonyl (C=O) groups is 2. The number of benzene rings is 2. The molecule has 0 aromatic heterocycles.